The van der Waals surface area contributed by atoms with E-state index >= 15 is 0 Å². The van der Waals surface area contributed by atoms with Crippen LogP contribution in [0, 0.1) is 34.5 Å². The van der Waals surface area contributed by atoms with E-state index in [-0.39, 0.29) is 16.9 Å². The quantitative estimate of drug-likeness (QED) is 0.702. The Labute approximate surface area is 153 Å². The fraction of sp³-hybridized carbons (Fsp3) is 0.826. The van der Waals surface area contributed by atoms with Gasteiger partial charge in [0.2, 0.25) is 0 Å². The van der Waals surface area contributed by atoms with E-state index in [1.807, 2.05) is 0 Å². The van der Waals surface area contributed by atoms with Crippen molar-refractivity contribution in [1.29, 1.82) is 0 Å². The van der Waals surface area contributed by atoms with Gasteiger partial charge < -0.3 is 10.2 Å². The molecule has 4 unspecified atom stereocenters. The predicted octanol–water partition coefficient (Wildman–Crippen LogP) is 4.86. The minimum atomic E-state index is -0.513. The highest BCUT2D eigenvalue weighted by molar-refractivity contribution is 5.27. The molecular formula is C23H36O2. The maximum Gasteiger partial charge on any atom is 0.0724 e. The van der Waals surface area contributed by atoms with Crippen LogP contribution in [-0.2, 0) is 0 Å². The van der Waals surface area contributed by atoms with Gasteiger partial charge in [0.1, 0.15) is 0 Å². The Bertz CT molecular complexity index is 591. The van der Waals surface area contributed by atoms with Crippen LogP contribution in [0.1, 0.15) is 72.1 Å². The summed E-state index contributed by atoms with van der Waals surface area (Å²) < 4.78 is 0. The van der Waals surface area contributed by atoms with Gasteiger partial charge in [-0.25, -0.2) is 0 Å². The molecule has 4 rings (SSSR count). The van der Waals surface area contributed by atoms with Crippen molar-refractivity contribution < 1.29 is 10.2 Å². The van der Waals surface area contributed by atoms with Crippen molar-refractivity contribution in [3.8, 4) is 0 Å². The van der Waals surface area contributed by atoms with E-state index in [4.69, 9.17) is 0 Å². The first kappa shape index (κ1) is 17.8. The molecule has 0 saturated heterocycles. The van der Waals surface area contributed by atoms with E-state index in [0.717, 1.165) is 38.5 Å². The molecule has 140 valence electrons. The summed E-state index contributed by atoms with van der Waals surface area (Å²) in [5.41, 5.74) is 1.34. The molecule has 4 aliphatic rings. The summed E-state index contributed by atoms with van der Waals surface area (Å²) >= 11 is 0. The van der Waals surface area contributed by atoms with Gasteiger partial charge in [0.25, 0.3) is 0 Å². The fourth-order valence-corrected chi connectivity index (χ4v) is 7.55. The van der Waals surface area contributed by atoms with Gasteiger partial charge in [-0.3, -0.25) is 0 Å². The number of aliphatic hydroxyl groups excluding tert-OH is 1. The van der Waals surface area contributed by atoms with Crippen molar-refractivity contribution in [2.45, 2.75) is 83.8 Å². The van der Waals surface area contributed by atoms with E-state index < -0.39 is 5.60 Å². The second kappa shape index (κ2) is 5.70. The lowest BCUT2D eigenvalue weighted by molar-refractivity contribution is -0.132. The van der Waals surface area contributed by atoms with Gasteiger partial charge in [-0.2, -0.15) is 0 Å². The molecule has 2 nitrogen and oxygen atoms in total. The lowest BCUT2D eigenvalue weighted by atomic mass is 9.44. The van der Waals surface area contributed by atoms with Crippen LogP contribution in [0.25, 0.3) is 0 Å². The number of aliphatic hydroxyl groups is 2. The molecule has 0 radical (unpaired) electrons. The lowest BCUT2D eigenvalue weighted by Gasteiger charge is -2.61. The predicted molar refractivity (Wildman–Crippen MR) is 102 cm³/mol. The van der Waals surface area contributed by atoms with E-state index in [9.17, 15) is 10.2 Å². The standard InChI is InChI=1S/C23H36O2/c1-5-6-15-13-16-14-17(24)7-10-21(16,2)18-8-11-22(3)19(20(15)18)9-12-23(22,4)25/h5,14-15,17-20,24-25H,1,6-13H2,2-4H3/t15?,17-,18?,19?,20?,21-,22-,23-/m0/s1. The second-order valence-electron chi connectivity index (χ2n) is 10.3. The molecule has 8 atom stereocenters. The molecule has 0 heterocycles. The summed E-state index contributed by atoms with van der Waals surface area (Å²) in [4.78, 5) is 0. The highest BCUT2D eigenvalue weighted by Gasteiger charge is 2.63. The maximum absolute atomic E-state index is 11.1. The minimum absolute atomic E-state index is 0.0688. The maximum atomic E-state index is 11.1. The molecule has 0 bridgehead atoms. The van der Waals surface area contributed by atoms with Crippen molar-refractivity contribution in [2.24, 2.45) is 34.5 Å². The van der Waals surface area contributed by atoms with Crippen molar-refractivity contribution >= 4 is 0 Å². The van der Waals surface area contributed by atoms with Gasteiger partial charge in [-0.1, -0.05) is 31.6 Å². The lowest BCUT2D eigenvalue weighted by Crippen LogP contribution is -2.56. The first-order valence-corrected chi connectivity index (χ1v) is 10.5. The monoisotopic (exact) mass is 344 g/mol. The van der Waals surface area contributed by atoms with Crippen LogP contribution in [0.3, 0.4) is 0 Å². The highest BCUT2D eigenvalue weighted by Crippen LogP contribution is 2.69. The summed E-state index contributed by atoms with van der Waals surface area (Å²) in [5, 5.41) is 21.3. The van der Waals surface area contributed by atoms with Crippen LogP contribution >= 0.6 is 0 Å². The normalized spacial score (nSPS) is 54.9. The second-order valence-corrected chi connectivity index (χ2v) is 10.3. The molecular weight excluding hydrogens is 308 g/mol. The summed E-state index contributed by atoms with van der Waals surface area (Å²) in [7, 11) is 0. The van der Waals surface area contributed by atoms with Gasteiger partial charge in [0.05, 0.1) is 11.7 Å². The average Bonchev–Trinajstić information content (AvgIpc) is 2.79. The first-order valence-electron chi connectivity index (χ1n) is 10.5. The van der Waals surface area contributed by atoms with Crippen LogP contribution in [-0.4, -0.2) is 21.9 Å². The zero-order valence-electron chi connectivity index (χ0n) is 16.3. The van der Waals surface area contributed by atoms with Crippen molar-refractivity contribution in [3.63, 3.8) is 0 Å². The van der Waals surface area contributed by atoms with Gasteiger partial charge in [0.15, 0.2) is 0 Å². The smallest absolute Gasteiger partial charge is 0.0724 e. The van der Waals surface area contributed by atoms with Gasteiger partial charge in [0, 0.05) is 0 Å². The molecule has 2 N–H and O–H groups in total. The summed E-state index contributed by atoms with van der Waals surface area (Å²) in [5.74, 6) is 2.67. The van der Waals surface area contributed by atoms with Crippen molar-refractivity contribution in [1.82, 2.24) is 0 Å². The molecule has 0 aromatic rings. The van der Waals surface area contributed by atoms with Crippen LogP contribution in [0.15, 0.2) is 24.3 Å². The zero-order chi connectivity index (χ0) is 18.0. The number of hydrogen-bond acceptors (Lipinski definition) is 2. The Morgan fingerprint density at radius 3 is 2.56 bits per heavy atom. The molecule has 3 saturated carbocycles. The molecule has 0 aromatic carbocycles. The topological polar surface area (TPSA) is 40.5 Å². The number of hydrogen-bond donors (Lipinski definition) is 2. The van der Waals surface area contributed by atoms with E-state index in [2.05, 4.69) is 39.5 Å². The third-order valence-electron chi connectivity index (χ3n) is 9.30. The Kier molecular flexibility index (Phi) is 4.05. The van der Waals surface area contributed by atoms with Crippen LogP contribution in [0.2, 0.25) is 0 Å². The molecule has 4 aliphatic carbocycles. The first-order chi connectivity index (χ1) is 11.7. The Hall–Kier alpha value is -0.600. The zero-order valence-corrected chi connectivity index (χ0v) is 16.3. The van der Waals surface area contributed by atoms with Crippen molar-refractivity contribution in [2.75, 3.05) is 0 Å². The van der Waals surface area contributed by atoms with Crippen LogP contribution < -0.4 is 0 Å². The number of allylic oxidation sites excluding steroid dienone is 2. The van der Waals surface area contributed by atoms with Gasteiger partial charge in [-0.15, -0.1) is 6.58 Å². The largest absolute Gasteiger partial charge is 0.390 e. The van der Waals surface area contributed by atoms with Crippen LogP contribution in [0.5, 0.6) is 0 Å². The van der Waals surface area contributed by atoms with Crippen LogP contribution in [0.4, 0.5) is 0 Å². The molecule has 2 heteroatoms. The van der Waals surface area contributed by atoms with E-state index in [1.165, 1.54) is 18.4 Å². The van der Waals surface area contributed by atoms with Gasteiger partial charge >= 0.3 is 0 Å². The molecule has 0 aliphatic heterocycles. The summed E-state index contributed by atoms with van der Waals surface area (Å²) in [6.07, 6.45) is 12.8. The SMILES string of the molecule is C=CCC1CC2=C[C@@H](O)CC[C@]2(C)C2CC[C@@]3(C)C(CC[C@]3(C)O)C12. The number of fused-ring (bicyclic) bond motifs is 5. The summed E-state index contributed by atoms with van der Waals surface area (Å²) in [6.45, 7) is 11.0. The number of rotatable bonds is 2. The van der Waals surface area contributed by atoms with Crippen molar-refractivity contribution in [3.05, 3.63) is 24.3 Å². The Morgan fingerprint density at radius 1 is 1.12 bits per heavy atom. The molecule has 0 aromatic heterocycles. The average molecular weight is 345 g/mol. The highest BCUT2D eigenvalue weighted by atomic mass is 16.3. The van der Waals surface area contributed by atoms with Gasteiger partial charge in [-0.05, 0) is 92.8 Å². The Morgan fingerprint density at radius 2 is 1.84 bits per heavy atom. The fourth-order valence-electron chi connectivity index (χ4n) is 7.55. The third kappa shape index (κ3) is 2.36. The molecule has 0 spiro atoms. The molecule has 3 fully saturated rings. The third-order valence-corrected chi connectivity index (χ3v) is 9.30. The molecule has 0 amide bonds. The minimum Gasteiger partial charge on any atom is -0.390 e. The molecule has 25 heavy (non-hydrogen) atoms. The summed E-state index contributed by atoms with van der Waals surface area (Å²) in [6, 6.07) is 0. The van der Waals surface area contributed by atoms with E-state index in [1.54, 1.807) is 0 Å². The van der Waals surface area contributed by atoms with E-state index in [0.29, 0.717) is 23.7 Å². The Balaban J connectivity index is 1.76.